The van der Waals surface area contributed by atoms with Crippen LogP contribution >= 0.6 is 0 Å². The second-order valence-electron chi connectivity index (χ2n) is 8.94. The van der Waals surface area contributed by atoms with Crippen molar-refractivity contribution in [3.63, 3.8) is 0 Å². The average molecular weight is 478 g/mol. The van der Waals surface area contributed by atoms with Gasteiger partial charge in [-0.3, -0.25) is 9.48 Å². The van der Waals surface area contributed by atoms with Crippen LogP contribution in [0.4, 0.5) is 0 Å². The molecule has 8 heteroatoms. The summed E-state index contributed by atoms with van der Waals surface area (Å²) in [6.07, 6.45) is 7.75. The number of fused-ring (bicyclic) bond motifs is 1. The number of nitrogens with zero attached hydrogens (tertiary/aromatic N) is 3. The number of benzene rings is 2. The number of aromatic nitrogens is 3. The van der Waals surface area contributed by atoms with Gasteiger partial charge < -0.3 is 9.30 Å². The van der Waals surface area contributed by atoms with Gasteiger partial charge in [0, 0.05) is 48.6 Å². The van der Waals surface area contributed by atoms with Gasteiger partial charge in [0.2, 0.25) is 0 Å². The summed E-state index contributed by atoms with van der Waals surface area (Å²) in [7, 11) is 0.143. The molecule has 0 saturated heterocycles. The topological polar surface area (TPSA) is 83.2 Å². The Morgan fingerprint density at radius 2 is 1.79 bits per heavy atom. The zero-order chi connectivity index (χ0) is 24.0. The molecule has 1 aliphatic rings. The van der Waals surface area contributed by atoms with E-state index < -0.39 is 9.84 Å². The fraction of sp³-hybridized carbons (Fsp3) is 0.308. The van der Waals surface area contributed by atoms with Crippen LogP contribution in [0.3, 0.4) is 0 Å². The Bertz CT molecular complexity index is 1560. The molecule has 7 nitrogen and oxygen atoms in total. The third-order valence-electron chi connectivity index (χ3n) is 6.37. The summed E-state index contributed by atoms with van der Waals surface area (Å²) >= 11 is 0. The predicted molar refractivity (Wildman–Crippen MR) is 133 cm³/mol. The van der Waals surface area contributed by atoms with E-state index in [1.54, 1.807) is 49.2 Å². The van der Waals surface area contributed by atoms with Crippen molar-refractivity contribution in [2.45, 2.75) is 24.7 Å². The predicted octanol–water partition coefficient (Wildman–Crippen LogP) is 4.19. The van der Waals surface area contributed by atoms with Crippen molar-refractivity contribution in [3.05, 3.63) is 65.3 Å². The molecule has 1 saturated carbocycles. The van der Waals surface area contributed by atoms with Crippen molar-refractivity contribution in [3.8, 4) is 28.0 Å². The zero-order valence-electron chi connectivity index (χ0n) is 19.5. The van der Waals surface area contributed by atoms with Gasteiger partial charge in [0.05, 0.1) is 23.5 Å². The van der Waals surface area contributed by atoms with Gasteiger partial charge in [-0.05, 0) is 60.0 Å². The molecule has 0 amide bonds. The molecule has 2 aromatic carbocycles. The summed E-state index contributed by atoms with van der Waals surface area (Å²) in [6.45, 7) is 2.23. The van der Waals surface area contributed by atoms with Gasteiger partial charge in [-0.25, -0.2) is 8.42 Å². The lowest BCUT2D eigenvalue weighted by molar-refractivity contribution is 0.301. The molecule has 0 radical (unpaired) electrons. The maximum Gasteiger partial charge on any atom is 0.258 e. The van der Waals surface area contributed by atoms with Gasteiger partial charge in [-0.1, -0.05) is 13.0 Å². The number of rotatable bonds is 7. The first-order valence-corrected chi connectivity index (χ1v) is 13.0. The Morgan fingerprint density at radius 1 is 1.00 bits per heavy atom. The van der Waals surface area contributed by atoms with Crippen molar-refractivity contribution in [2.24, 2.45) is 20.0 Å². The molecule has 0 aliphatic heterocycles. The van der Waals surface area contributed by atoms with Crippen LogP contribution in [0.25, 0.3) is 33.0 Å². The largest absolute Gasteiger partial charge is 0.493 e. The molecule has 4 aromatic rings. The third kappa shape index (κ3) is 4.14. The number of hydrogen-bond donors (Lipinski definition) is 0. The van der Waals surface area contributed by atoms with Crippen LogP contribution < -0.4 is 10.3 Å². The molecule has 1 fully saturated rings. The van der Waals surface area contributed by atoms with Crippen molar-refractivity contribution in [2.75, 3.05) is 12.4 Å². The lowest BCUT2D eigenvalue weighted by atomic mass is 9.97. The number of ether oxygens (including phenoxy) is 1. The molecular formula is C26H27N3O4S. The van der Waals surface area contributed by atoms with Gasteiger partial charge in [0.25, 0.3) is 5.56 Å². The quantitative estimate of drug-likeness (QED) is 0.399. The molecular weight excluding hydrogens is 450 g/mol. The van der Waals surface area contributed by atoms with Gasteiger partial charge in [0.1, 0.15) is 5.75 Å². The van der Waals surface area contributed by atoms with Crippen molar-refractivity contribution < 1.29 is 13.2 Å². The highest BCUT2D eigenvalue weighted by molar-refractivity contribution is 7.91. The van der Waals surface area contributed by atoms with E-state index in [-0.39, 0.29) is 16.2 Å². The highest BCUT2D eigenvalue weighted by Crippen LogP contribution is 2.39. The second-order valence-corrected chi connectivity index (χ2v) is 11.2. The Kier molecular flexibility index (Phi) is 5.56. The lowest BCUT2D eigenvalue weighted by Gasteiger charge is -2.16. The minimum Gasteiger partial charge on any atom is -0.493 e. The molecule has 0 unspecified atom stereocenters. The van der Waals surface area contributed by atoms with E-state index >= 15 is 0 Å². The second kappa shape index (κ2) is 8.43. The molecule has 2 aromatic heterocycles. The fourth-order valence-electron chi connectivity index (χ4n) is 4.13. The summed E-state index contributed by atoms with van der Waals surface area (Å²) in [5.41, 5.74) is 3.16. The maximum absolute atomic E-state index is 13.0. The summed E-state index contributed by atoms with van der Waals surface area (Å²) in [6, 6.07) is 10.7. The monoisotopic (exact) mass is 477 g/mol. The third-order valence-corrected chi connectivity index (χ3v) is 8.11. The van der Waals surface area contributed by atoms with Crippen LogP contribution in [0.5, 0.6) is 5.75 Å². The van der Waals surface area contributed by atoms with Crippen molar-refractivity contribution in [1.82, 2.24) is 14.3 Å². The van der Waals surface area contributed by atoms with Gasteiger partial charge in [-0.2, -0.15) is 5.10 Å². The normalized spacial score (nSPS) is 14.0. The van der Waals surface area contributed by atoms with Gasteiger partial charge in [-0.15, -0.1) is 0 Å². The Labute approximate surface area is 198 Å². The molecule has 2 heterocycles. The van der Waals surface area contributed by atoms with Crippen LogP contribution in [0.15, 0.2) is 64.7 Å². The molecule has 176 valence electrons. The smallest absolute Gasteiger partial charge is 0.258 e. The summed E-state index contributed by atoms with van der Waals surface area (Å²) in [5, 5.41) is 5.56. The first-order valence-electron chi connectivity index (χ1n) is 11.4. The number of pyridine rings is 1. The minimum atomic E-state index is -3.42. The van der Waals surface area contributed by atoms with Gasteiger partial charge in [0.15, 0.2) is 9.84 Å². The van der Waals surface area contributed by atoms with E-state index in [0.29, 0.717) is 29.2 Å². The van der Waals surface area contributed by atoms with E-state index in [9.17, 15) is 13.2 Å². The Hall–Kier alpha value is -3.39. The number of aryl methyl sites for hydroxylation is 2. The summed E-state index contributed by atoms with van der Waals surface area (Å²) in [4.78, 5) is 13.2. The standard InChI is InChI=1S/C26H27N3O4S/c1-4-34(31,32)20-8-10-25(33-16-17-5-6-17)23(12-20)24-15-28(2)26(30)21-9-7-18(11-22(21)24)19-13-27-29(3)14-19/h7-15,17H,4-6,16H2,1-3H3. The fourth-order valence-corrected chi connectivity index (χ4v) is 5.03. The summed E-state index contributed by atoms with van der Waals surface area (Å²) in [5.74, 6) is 1.17. The summed E-state index contributed by atoms with van der Waals surface area (Å²) < 4.78 is 34.8. The molecule has 0 N–H and O–H groups in total. The first kappa shape index (κ1) is 22.4. The highest BCUT2D eigenvalue weighted by atomic mass is 32.2. The highest BCUT2D eigenvalue weighted by Gasteiger charge is 2.24. The van der Waals surface area contributed by atoms with E-state index in [4.69, 9.17) is 4.74 Å². The van der Waals surface area contributed by atoms with Crippen LogP contribution in [-0.2, 0) is 23.9 Å². The lowest BCUT2D eigenvalue weighted by Crippen LogP contribution is -2.17. The van der Waals surface area contributed by atoms with E-state index in [1.807, 2.05) is 31.4 Å². The molecule has 0 atom stereocenters. The molecule has 5 rings (SSSR count). The van der Waals surface area contributed by atoms with E-state index in [1.165, 1.54) is 4.57 Å². The van der Waals surface area contributed by atoms with Crippen LogP contribution in [0, 0.1) is 5.92 Å². The molecule has 1 aliphatic carbocycles. The molecule has 0 bridgehead atoms. The number of sulfone groups is 1. The Morgan fingerprint density at radius 3 is 2.47 bits per heavy atom. The van der Waals surface area contributed by atoms with E-state index in [0.717, 1.165) is 34.9 Å². The average Bonchev–Trinajstić information content (AvgIpc) is 3.57. The number of hydrogen-bond acceptors (Lipinski definition) is 5. The zero-order valence-corrected chi connectivity index (χ0v) is 20.3. The van der Waals surface area contributed by atoms with Crippen molar-refractivity contribution >= 4 is 20.6 Å². The molecule has 34 heavy (non-hydrogen) atoms. The van der Waals surface area contributed by atoms with Crippen LogP contribution in [0.2, 0.25) is 0 Å². The Balaban J connectivity index is 1.76. The van der Waals surface area contributed by atoms with Crippen LogP contribution in [0.1, 0.15) is 19.8 Å². The minimum absolute atomic E-state index is 0.00783. The SMILES string of the molecule is CCS(=O)(=O)c1ccc(OCC2CC2)c(-c2cn(C)c(=O)c3ccc(-c4cnn(C)c4)cc23)c1. The van der Waals surface area contributed by atoms with Gasteiger partial charge >= 0.3 is 0 Å². The van der Waals surface area contributed by atoms with E-state index in [2.05, 4.69) is 5.10 Å². The maximum atomic E-state index is 13.0. The molecule has 0 spiro atoms. The first-order chi connectivity index (χ1) is 16.3. The van der Waals surface area contributed by atoms with Crippen molar-refractivity contribution in [1.29, 1.82) is 0 Å². The van der Waals surface area contributed by atoms with Crippen LogP contribution in [-0.4, -0.2) is 35.1 Å².